The van der Waals surface area contributed by atoms with E-state index in [1.807, 2.05) is 25.1 Å². The summed E-state index contributed by atoms with van der Waals surface area (Å²) in [5.41, 5.74) is 3.07. The maximum Gasteiger partial charge on any atom is 0.241 e. The standard InChI is InChI=1S/C19H24N2O4S/c1-5-15-7-6-8-16(11-15)21-19(22)12-20-26(23,24)18-10-9-17(25-4)13(2)14(18)3/h6-11,20H,5,12H2,1-4H3,(H,21,22). The minimum atomic E-state index is -3.80. The number of anilines is 1. The van der Waals surface area contributed by atoms with Crippen LogP contribution in [-0.2, 0) is 21.2 Å². The van der Waals surface area contributed by atoms with E-state index in [1.54, 1.807) is 26.0 Å². The highest BCUT2D eigenvalue weighted by molar-refractivity contribution is 7.89. The summed E-state index contributed by atoms with van der Waals surface area (Å²) in [6.07, 6.45) is 0.854. The zero-order chi connectivity index (χ0) is 19.3. The lowest BCUT2D eigenvalue weighted by molar-refractivity contribution is -0.115. The van der Waals surface area contributed by atoms with E-state index in [4.69, 9.17) is 4.74 Å². The highest BCUT2D eigenvalue weighted by Gasteiger charge is 2.20. The van der Waals surface area contributed by atoms with E-state index in [0.29, 0.717) is 17.0 Å². The second-order valence-corrected chi connectivity index (χ2v) is 7.68. The Balaban J connectivity index is 2.08. The molecule has 1 amide bonds. The average Bonchev–Trinajstić information content (AvgIpc) is 2.62. The SMILES string of the molecule is CCc1cccc(NC(=O)CNS(=O)(=O)c2ccc(OC)c(C)c2C)c1. The van der Waals surface area contributed by atoms with Gasteiger partial charge in [-0.2, -0.15) is 0 Å². The fourth-order valence-corrected chi connectivity index (χ4v) is 3.88. The van der Waals surface area contributed by atoms with Gasteiger partial charge in [0, 0.05) is 5.69 Å². The maximum absolute atomic E-state index is 12.5. The third-order valence-electron chi connectivity index (χ3n) is 4.24. The Morgan fingerprint density at radius 3 is 2.50 bits per heavy atom. The molecule has 0 aliphatic heterocycles. The monoisotopic (exact) mass is 376 g/mol. The van der Waals surface area contributed by atoms with Gasteiger partial charge in [-0.1, -0.05) is 19.1 Å². The molecule has 0 bridgehead atoms. The number of sulfonamides is 1. The molecule has 26 heavy (non-hydrogen) atoms. The van der Waals surface area contributed by atoms with Crippen molar-refractivity contribution in [3.05, 3.63) is 53.1 Å². The van der Waals surface area contributed by atoms with Gasteiger partial charge < -0.3 is 10.1 Å². The Kier molecular flexibility index (Phi) is 6.39. The average molecular weight is 376 g/mol. The van der Waals surface area contributed by atoms with Crippen LogP contribution >= 0.6 is 0 Å². The van der Waals surface area contributed by atoms with Crippen molar-refractivity contribution in [1.82, 2.24) is 4.72 Å². The van der Waals surface area contributed by atoms with E-state index >= 15 is 0 Å². The van der Waals surface area contributed by atoms with Crippen LogP contribution in [-0.4, -0.2) is 28.0 Å². The van der Waals surface area contributed by atoms with Gasteiger partial charge in [0.25, 0.3) is 0 Å². The Labute approximate surface area is 154 Å². The van der Waals surface area contributed by atoms with Gasteiger partial charge in [0.2, 0.25) is 15.9 Å². The summed E-state index contributed by atoms with van der Waals surface area (Å²) < 4.78 is 32.6. The normalized spacial score (nSPS) is 11.2. The van der Waals surface area contributed by atoms with Crippen LogP contribution in [0.5, 0.6) is 5.75 Å². The fourth-order valence-electron chi connectivity index (χ4n) is 2.60. The Morgan fingerprint density at radius 1 is 1.12 bits per heavy atom. The Hall–Kier alpha value is -2.38. The van der Waals surface area contributed by atoms with Gasteiger partial charge in [-0.05, 0) is 61.2 Å². The quantitative estimate of drug-likeness (QED) is 0.778. The zero-order valence-electron chi connectivity index (χ0n) is 15.4. The van der Waals surface area contributed by atoms with Gasteiger partial charge in [0.05, 0.1) is 18.6 Å². The van der Waals surface area contributed by atoms with E-state index in [0.717, 1.165) is 17.5 Å². The van der Waals surface area contributed by atoms with E-state index in [9.17, 15) is 13.2 Å². The summed E-state index contributed by atoms with van der Waals surface area (Å²) in [4.78, 5) is 12.2. The van der Waals surface area contributed by atoms with Crippen molar-refractivity contribution < 1.29 is 17.9 Å². The molecule has 2 rings (SSSR count). The molecule has 0 aliphatic rings. The maximum atomic E-state index is 12.5. The largest absolute Gasteiger partial charge is 0.496 e. The summed E-state index contributed by atoms with van der Waals surface area (Å²) >= 11 is 0. The molecule has 6 nitrogen and oxygen atoms in total. The molecular formula is C19H24N2O4S. The molecule has 2 aromatic carbocycles. The van der Waals surface area contributed by atoms with Crippen LogP contribution < -0.4 is 14.8 Å². The summed E-state index contributed by atoms with van der Waals surface area (Å²) in [5, 5.41) is 2.70. The first kappa shape index (κ1) is 19.9. The molecule has 2 N–H and O–H groups in total. The molecule has 0 fully saturated rings. The molecule has 0 aliphatic carbocycles. The molecular weight excluding hydrogens is 352 g/mol. The molecule has 0 saturated heterocycles. The van der Waals surface area contributed by atoms with Crippen molar-refractivity contribution in [3.63, 3.8) is 0 Å². The smallest absolute Gasteiger partial charge is 0.241 e. The van der Waals surface area contributed by atoms with E-state index in [-0.39, 0.29) is 11.4 Å². The van der Waals surface area contributed by atoms with Crippen molar-refractivity contribution >= 4 is 21.6 Å². The van der Waals surface area contributed by atoms with Crippen molar-refractivity contribution in [3.8, 4) is 5.75 Å². The van der Waals surface area contributed by atoms with Gasteiger partial charge in [-0.25, -0.2) is 13.1 Å². The van der Waals surface area contributed by atoms with Crippen LogP contribution in [0.3, 0.4) is 0 Å². The summed E-state index contributed by atoms with van der Waals surface area (Å²) in [6, 6.07) is 10.5. The summed E-state index contributed by atoms with van der Waals surface area (Å²) in [6.45, 7) is 5.18. The predicted octanol–water partition coefficient (Wildman–Crippen LogP) is 2.79. The lowest BCUT2D eigenvalue weighted by Crippen LogP contribution is -2.33. The Morgan fingerprint density at radius 2 is 1.85 bits per heavy atom. The fraction of sp³-hybridized carbons (Fsp3) is 0.316. The Bertz CT molecular complexity index is 908. The zero-order valence-corrected chi connectivity index (χ0v) is 16.2. The molecule has 2 aromatic rings. The van der Waals surface area contributed by atoms with Crippen molar-refractivity contribution in [2.75, 3.05) is 19.0 Å². The van der Waals surface area contributed by atoms with Crippen molar-refractivity contribution in [1.29, 1.82) is 0 Å². The number of carbonyl (C=O) groups excluding carboxylic acids is 1. The number of hydrogen-bond acceptors (Lipinski definition) is 4. The van der Waals surface area contributed by atoms with Crippen LogP contribution in [0, 0.1) is 13.8 Å². The second-order valence-electron chi connectivity index (χ2n) is 5.94. The highest BCUT2D eigenvalue weighted by Crippen LogP contribution is 2.26. The molecule has 0 saturated carbocycles. The van der Waals surface area contributed by atoms with Crippen LogP contribution in [0.25, 0.3) is 0 Å². The minimum Gasteiger partial charge on any atom is -0.496 e. The van der Waals surface area contributed by atoms with E-state index in [1.165, 1.54) is 13.2 Å². The predicted molar refractivity (Wildman–Crippen MR) is 102 cm³/mol. The van der Waals surface area contributed by atoms with Gasteiger partial charge in [0.15, 0.2) is 0 Å². The molecule has 0 unspecified atom stereocenters. The first-order chi connectivity index (χ1) is 12.3. The molecule has 140 valence electrons. The first-order valence-electron chi connectivity index (χ1n) is 8.31. The third-order valence-corrected chi connectivity index (χ3v) is 5.78. The molecule has 0 radical (unpaired) electrons. The van der Waals surface area contributed by atoms with Crippen LogP contribution in [0.4, 0.5) is 5.69 Å². The molecule has 0 spiro atoms. The number of amides is 1. The van der Waals surface area contributed by atoms with E-state index < -0.39 is 15.9 Å². The second kappa shape index (κ2) is 8.33. The number of nitrogens with one attached hydrogen (secondary N) is 2. The molecule has 0 aromatic heterocycles. The number of carbonyl (C=O) groups is 1. The van der Waals surface area contributed by atoms with E-state index in [2.05, 4.69) is 10.0 Å². The minimum absolute atomic E-state index is 0.136. The topological polar surface area (TPSA) is 84.5 Å². The number of benzene rings is 2. The number of methoxy groups -OCH3 is 1. The van der Waals surface area contributed by atoms with Gasteiger partial charge in [0.1, 0.15) is 5.75 Å². The van der Waals surface area contributed by atoms with Gasteiger partial charge >= 0.3 is 0 Å². The highest BCUT2D eigenvalue weighted by atomic mass is 32.2. The third kappa shape index (κ3) is 4.62. The van der Waals surface area contributed by atoms with Crippen LogP contribution in [0.2, 0.25) is 0 Å². The van der Waals surface area contributed by atoms with Crippen LogP contribution in [0.15, 0.2) is 41.3 Å². The molecule has 0 heterocycles. The molecule has 0 atom stereocenters. The summed E-state index contributed by atoms with van der Waals surface area (Å²) in [5.74, 6) is 0.194. The van der Waals surface area contributed by atoms with Crippen LogP contribution in [0.1, 0.15) is 23.6 Å². The number of hydrogen-bond donors (Lipinski definition) is 2. The van der Waals surface area contributed by atoms with Crippen molar-refractivity contribution in [2.24, 2.45) is 0 Å². The van der Waals surface area contributed by atoms with Gasteiger partial charge in [-0.15, -0.1) is 0 Å². The van der Waals surface area contributed by atoms with Gasteiger partial charge in [-0.3, -0.25) is 4.79 Å². The number of rotatable bonds is 7. The number of aryl methyl sites for hydroxylation is 1. The number of ether oxygens (including phenoxy) is 1. The first-order valence-corrected chi connectivity index (χ1v) is 9.79. The molecule has 7 heteroatoms. The lowest BCUT2D eigenvalue weighted by Gasteiger charge is -2.14. The van der Waals surface area contributed by atoms with Crippen molar-refractivity contribution in [2.45, 2.75) is 32.1 Å². The summed E-state index contributed by atoms with van der Waals surface area (Å²) in [7, 11) is -2.27. The lowest BCUT2D eigenvalue weighted by atomic mass is 10.1.